The molecule has 182 valence electrons. The first kappa shape index (κ1) is 24.8. The van der Waals surface area contributed by atoms with Crippen molar-refractivity contribution >= 4 is 29.5 Å². The van der Waals surface area contributed by atoms with E-state index in [-0.39, 0.29) is 5.82 Å². The molecule has 0 spiro atoms. The van der Waals surface area contributed by atoms with Crippen LogP contribution in [0.3, 0.4) is 0 Å². The number of hydrogen-bond acceptors (Lipinski definition) is 4. The Labute approximate surface area is 214 Å². The first-order chi connectivity index (χ1) is 16.9. The molecule has 0 aliphatic rings. The fraction of sp³-hybridized carbons (Fsp3) is 0.222. The van der Waals surface area contributed by atoms with Gasteiger partial charge < -0.3 is 18.9 Å². The van der Waals surface area contributed by atoms with Crippen molar-refractivity contribution < 1.29 is 13.9 Å². The Morgan fingerprint density at radius 2 is 1.69 bits per heavy atom. The smallest absolute Gasteiger partial charge is 0.184 e. The zero-order chi connectivity index (χ0) is 24.9. The summed E-state index contributed by atoms with van der Waals surface area (Å²) in [7, 11) is 5.28. The minimum atomic E-state index is -0.307. The van der Waals surface area contributed by atoms with Gasteiger partial charge in [-0.15, -0.1) is 0 Å². The van der Waals surface area contributed by atoms with Gasteiger partial charge in [0.1, 0.15) is 17.3 Å². The number of imidazole rings is 1. The van der Waals surface area contributed by atoms with E-state index in [9.17, 15) is 4.39 Å². The van der Waals surface area contributed by atoms with E-state index >= 15 is 0 Å². The van der Waals surface area contributed by atoms with E-state index in [1.807, 2.05) is 70.9 Å². The van der Waals surface area contributed by atoms with Crippen LogP contribution in [-0.2, 0) is 13.0 Å². The third-order valence-corrected chi connectivity index (χ3v) is 6.59. The van der Waals surface area contributed by atoms with E-state index < -0.39 is 0 Å². The van der Waals surface area contributed by atoms with Gasteiger partial charge in [-0.05, 0) is 78.9 Å². The zero-order valence-electron chi connectivity index (χ0n) is 19.9. The summed E-state index contributed by atoms with van der Waals surface area (Å²) in [4.78, 5) is 2.16. The van der Waals surface area contributed by atoms with Gasteiger partial charge in [0.05, 0.1) is 14.2 Å². The van der Waals surface area contributed by atoms with Crippen LogP contribution in [0.1, 0.15) is 11.3 Å². The molecule has 0 saturated carbocycles. The highest BCUT2D eigenvalue weighted by molar-refractivity contribution is 7.71. The van der Waals surface area contributed by atoms with Gasteiger partial charge in [0.25, 0.3) is 0 Å². The third-order valence-electron chi connectivity index (χ3n) is 5.92. The maximum absolute atomic E-state index is 14.0. The van der Waals surface area contributed by atoms with E-state index in [4.69, 9.17) is 33.3 Å². The minimum absolute atomic E-state index is 0.307. The molecule has 35 heavy (non-hydrogen) atoms. The molecule has 4 rings (SSSR count). The molecule has 0 aliphatic carbocycles. The lowest BCUT2D eigenvalue weighted by Gasteiger charge is -2.19. The van der Waals surface area contributed by atoms with Crippen molar-refractivity contribution in [1.29, 1.82) is 0 Å². The molecule has 0 saturated heterocycles. The van der Waals surface area contributed by atoms with Gasteiger partial charge in [0.2, 0.25) is 0 Å². The van der Waals surface area contributed by atoms with Crippen molar-refractivity contribution in [1.82, 2.24) is 9.13 Å². The van der Waals surface area contributed by atoms with Crippen LogP contribution in [0.15, 0.2) is 72.9 Å². The molecule has 0 atom stereocenters. The van der Waals surface area contributed by atoms with Gasteiger partial charge in [-0.2, -0.15) is 0 Å². The lowest BCUT2D eigenvalue weighted by atomic mass is 10.1. The lowest BCUT2D eigenvalue weighted by Crippen LogP contribution is -2.22. The van der Waals surface area contributed by atoms with Crippen molar-refractivity contribution in [2.45, 2.75) is 13.0 Å². The summed E-state index contributed by atoms with van der Waals surface area (Å²) in [5.74, 6) is 1.15. The summed E-state index contributed by atoms with van der Waals surface area (Å²) in [5.41, 5.74) is 3.65. The second kappa shape index (κ2) is 11.0. The topological polar surface area (TPSA) is 31.6 Å². The number of aromatic nitrogens is 2. The molecule has 8 heteroatoms. The number of anilines is 1. The normalized spacial score (nSPS) is 10.9. The van der Waals surface area contributed by atoms with E-state index in [1.165, 1.54) is 12.1 Å². The second-order valence-corrected chi connectivity index (χ2v) is 8.96. The second-order valence-electron chi connectivity index (χ2n) is 8.16. The summed E-state index contributed by atoms with van der Waals surface area (Å²) in [6.07, 6.45) is 2.48. The number of ether oxygens (including phenoxy) is 2. The molecule has 5 nitrogen and oxygen atoms in total. The van der Waals surface area contributed by atoms with Crippen LogP contribution >= 0.6 is 23.8 Å². The Kier molecular flexibility index (Phi) is 7.78. The average Bonchev–Trinajstić information content (AvgIpc) is 3.17. The minimum Gasteiger partial charge on any atom is -0.497 e. The van der Waals surface area contributed by atoms with E-state index in [0.29, 0.717) is 28.5 Å². The predicted octanol–water partition coefficient (Wildman–Crippen LogP) is 6.55. The molecule has 0 bridgehead atoms. The molecule has 4 aromatic rings. The Morgan fingerprint density at radius 1 is 0.971 bits per heavy atom. The fourth-order valence-corrected chi connectivity index (χ4v) is 4.49. The Balaban J connectivity index is 1.66. The summed E-state index contributed by atoms with van der Waals surface area (Å²) in [5, 5.41) is 0.647. The van der Waals surface area contributed by atoms with Crippen molar-refractivity contribution in [3.63, 3.8) is 0 Å². The van der Waals surface area contributed by atoms with Crippen LogP contribution in [0.2, 0.25) is 5.02 Å². The van der Waals surface area contributed by atoms with Crippen molar-refractivity contribution in [3.05, 3.63) is 99.8 Å². The molecule has 0 amide bonds. The monoisotopic (exact) mass is 511 g/mol. The first-order valence-electron chi connectivity index (χ1n) is 11.1. The van der Waals surface area contributed by atoms with Gasteiger partial charge in [0.15, 0.2) is 4.77 Å². The van der Waals surface area contributed by atoms with Crippen molar-refractivity contribution in [2.24, 2.45) is 0 Å². The van der Waals surface area contributed by atoms with Crippen LogP contribution < -0.4 is 14.4 Å². The maximum Gasteiger partial charge on any atom is 0.184 e. The standard InChI is InChI=1S/C27H27ClFN3O2S/c1-30(22-9-11-25(33-2)12-10-22)14-15-31-18-24(17-19-16-21(29)6-13-26(19)34-3)32(27(31)35)23-7-4-20(28)5-8-23/h4-13,16,18H,14-15,17H2,1-3H3. The van der Waals surface area contributed by atoms with E-state index in [2.05, 4.69) is 4.90 Å². The molecule has 0 radical (unpaired) electrons. The van der Waals surface area contributed by atoms with E-state index in [1.54, 1.807) is 20.3 Å². The highest BCUT2D eigenvalue weighted by atomic mass is 35.5. The summed E-state index contributed by atoms with van der Waals surface area (Å²) >= 11 is 12.0. The number of nitrogens with zero attached hydrogens (tertiary/aromatic N) is 3. The van der Waals surface area contributed by atoms with Gasteiger partial charge in [-0.25, -0.2) is 4.39 Å². The van der Waals surface area contributed by atoms with Crippen LogP contribution in [0, 0.1) is 10.6 Å². The fourth-order valence-electron chi connectivity index (χ4n) is 4.00. The predicted molar refractivity (Wildman–Crippen MR) is 142 cm³/mol. The molecule has 0 unspecified atom stereocenters. The molecule has 1 aromatic heterocycles. The van der Waals surface area contributed by atoms with Crippen LogP contribution in [-0.4, -0.2) is 36.9 Å². The van der Waals surface area contributed by atoms with Gasteiger partial charge in [-0.3, -0.25) is 4.57 Å². The maximum atomic E-state index is 14.0. The van der Waals surface area contributed by atoms with Crippen molar-refractivity contribution in [2.75, 3.05) is 32.7 Å². The lowest BCUT2D eigenvalue weighted by molar-refractivity contribution is 0.409. The van der Waals surface area contributed by atoms with Crippen molar-refractivity contribution in [3.8, 4) is 17.2 Å². The molecule has 0 N–H and O–H groups in total. The molecule has 0 aliphatic heterocycles. The number of likely N-dealkylation sites (N-methyl/N-ethyl adjacent to an activating group) is 1. The highest BCUT2D eigenvalue weighted by Crippen LogP contribution is 2.26. The zero-order valence-corrected chi connectivity index (χ0v) is 21.4. The SMILES string of the molecule is COc1ccc(N(C)CCn2cc(Cc3cc(F)ccc3OC)n(-c3ccc(Cl)cc3)c2=S)cc1. The third kappa shape index (κ3) is 5.69. The Bertz CT molecular complexity index is 1350. The van der Waals surface area contributed by atoms with Gasteiger partial charge in [-0.1, -0.05) is 11.6 Å². The first-order valence-corrected chi connectivity index (χ1v) is 11.9. The molecule has 3 aromatic carbocycles. The number of benzene rings is 3. The van der Waals surface area contributed by atoms with Gasteiger partial charge in [0, 0.05) is 60.4 Å². The van der Waals surface area contributed by atoms with Gasteiger partial charge >= 0.3 is 0 Å². The number of hydrogen-bond donors (Lipinski definition) is 0. The summed E-state index contributed by atoms with van der Waals surface area (Å²) in [6, 6.07) is 20.0. The molecular formula is C27H27ClFN3O2S. The number of methoxy groups -OCH3 is 2. The Morgan fingerprint density at radius 3 is 2.34 bits per heavy atom. The number of rotatable bonds is 9. The van der Waals surface area contributed by atoms with Crippen LogP contribution in [0.25, 0.3) is 5.69 Å². The number of halogens is 2. The average molecular weight is 512 g/mol. The highest BCUT2D eigenvalue weighted by Gasteiger charge is 2.15. The molecule has 0 fully saturated rings. The molecule has 1 heterocycles. The van der Waals surface area contributed by atoms with Crippen LogP contribution in [0.4, 0.5) is 10.1 Å². The summed E-state index contributed by atoms with van der Waals surface area (Å²) in [6.45, 7) is 1.42. The van der Waals surface area contributed by atoms with Crippen LogP contribution in [0.5, 0.6) is 11.5 Å². The van der Waals surface area contributed by atoms with E-state index in [0.717, 1.165) is 34.9 Å². The summed E-state index contributed by atoms with van der Waals surface area (Å²) < 4.78 is 29.5. The largest absolute Gasteiger partial charge is 0.497 e. The Hall–Kier alpha value is -3.29. The molecular weight excluding hydrogens is 485 g/mol. The quantitative estimate of drug-likeness (QED) is 0.239.